The number of rotatable bonds is 9. The number of ether oxygens (including phenoxy) is 1. The first-order valence-corrected chi connectivity index (χ1v) is 6.77. The van der Waals surface area contributed by atoms with Gasteiger partial charge in [-0.1, -0.05) is 13.3 Å². The summed E-state index contributed by atoms with van der Waals surface area (Å²) in [6.45, 7) is 5.30. The van der Waals surface area contributed by atoms with Crippen LogP contribution in [0.5, 0.6) is 0 Å². The van der Waals surface area contributed by atoms with Gasteiger partial charge in [0.2, 0.25) is 5.91 Å². The Balaban J connectivity index is 2.07. The molecule has 0 atom stereocenters. The minimum atomic E-state index is -0.365. The van der Waals surface area contributed by atoms with Gasteiger partial charge in [0, 0.05) is 30.0 Å². The number of nitrogens with two attached hydrogens (primary N) is 1. The van der Waals surface area contributed by atoms with Crippen LogP contribution in [-0.4, -0.2) is 25.7 Å². The van der Waals surface area contributed by atoms with Crippen molar-refractivity contribution in [3.05, 3.63) is 21.9 Å². The molecule has 0 spiro atoms. The molecule has 1 rings (SSSR count). The van der Waals surface area contributed by atoms with Crippen molar-refractivity contribution in [1.29, 1.82) is 0 Å². The average molecular weight is 256 g/mol. The molecule has 1 aromatic rings. The zero-order chi connectivity index (χ0) is 12.5. The van der Waals surface area contributed by atoms with Gasteiger partial charge in [-0.3, -0.25) is 4.79 Å². The maximum atomic E-state index is 10.9. The molecule has 1 amide bonds. The van der Waals surface area contributed by atoms with Crippen LogP contribution < -0.4 is 11.1 Å². The van der Waals surface area contributed by atoms with Gasteiger partial charge in [0.25, 0.3) is 0 Å². The molecule has 17 heavy (non-hydrogen) atoms. The van der Waals surface area contributed by atoms with Gasteiger partial charge in [0.15, 0.2) is 0 Å². The second kappa shape index (κ2) is 8.22. The molecule has 5 heteroatoms. The van der Waals surface area contributed by atoms with Gasteiger partial charge in [-0.15, -0.1) is 11.3 Å². The lowest BCUT2D eigenvalue weighted by Gasteiger charge is -2.04. The van der Waals surface area contributed by atoms with E-state index in [4.69, 9.17) is 10.5 Å². The fourth-order valence-electron chi connectivity index (χ4n) is 1.31. The fraction of sp³-hybridized carbons (Fsp3) is 0.583. The van der Waals surface area contributed by atoms with Crippen molar-refractivity contribution < 1.29 is 9.53 Å². The highest BCUT2D eigenvalue weighted by Crippen LogP contribution is 2.13. The van der Waals surface area contributed by atoms with Crippen molar-refractivity contribution in [1.82, 2.24) is 5.32 Å². The molecular formula is C12H20N2O2S. The summed E-state index contributed by atoms with van der Waals surface area (Å²) in [6.07, 6.45) is 2.28. The van der Waals surface area contributed by atoms with Crippen molar-refractivity contribution in [3.63, 3.8) is 0 Å². The van der Waals surface area contributed by atoms with Gasteiger partial charge in [-0.2, -0.15) is 0 Å². The molecule has 0 aliphatic carbocycles. The Bertz CT molecular complexity index is 339. The van der Waals surface area contributed by atoms with E-state index in [2.05, 4.69) is 12.2 Å². The van der Waals surface area contributed by atoms with Crippen LogP contribution in [-0.2, 0) is 11.3 Å². The van der Waals surface area contributed by atoms with Gasteiger partial charge in [0.1, 0.15) is 0 Å². The number of amides is 1. The first-order valence-electron chi connectivity index (χ1n) is 5.89. The van der Waals surface area contributed by atoms with Crippen LogP contribution in [0.15, 0.2) is 11.4 Å². The molecule has 0 radical (unpaired) electrons. The molecule has 3 N–H and O–H groups in total. The number of hydrogen-bond acceptors (Lipinski definition) is 4. The number of carbonyl (C=O) groups is 1. The topological polar surface area (TPSA) is 64.3 Å². The second-order valence-electron chi connectivity index (χ2n) is 3.81. The molecule has 0 bridgehead atoms. The van der Waals surface area contributed by atoms with Crippen LogP contribution in [0.1, 0.15) is 35.0 Å². The third-order valence-electron chi connectivity index (χ3n) is 2.30. The molecule has 0 saturated carbocycles. The van der Waals surface area contributed by atoms with E-state index in [0.29, 0.717) is 5.56 Å². The Morgan fingerprint density at radius 2 is 2.35 bits per heavy atom. The number of carbonyl (C=O) groups excluding carboxylic acids is 1. The van der Waals surface area contributed by atoms with Gasteiger partial charge in [0.05, 0.1) is 12.2 Å². The predicted octanol–water partition coefficient (Wildman–Crippen LogP) is 1.75. The molecule has 4 nitrogen and oxygen atoms in total. The Morgan fingerprint density at radius 1 is 1.53 bits per heavy atom. The molecule has 1 aromatic heterocycles. The maximum Gasteiger partial charge on any atom is 0.249 e. The van der Waals surface area contributed by atoms with E-state index in [1.54, 1.807) is 16.7 Å². The largest absolute Gasteiger partial charge is 0.380 e. The van der Waals surface area contributed by atoms with Crippen LogP contribution in [0.4, 0.5) is 0 Å². The zero-order valence-electron chi connectivity index (χ0n) is 10.2. The van der Waals surface area contributed by atoms with Crippen molar-refractivity contribution in [3.8, 4) is 0 Å². The maximum absolute atomic E-state index is 10.9. The lowest BCUT2D eigenvalue weighted by atomic mass is 10.3. The first kappa shape index (κ1) is 14.2. The summed E-state index contributed by atoms with van der Waals surface area (Å²) in [7, 11) is 0. The summed E-state index contributed by atoms with van der Waals surface area (Å²) in [5, 5.41) is 5.05. The molecular weight excluding hydrogens is 236 g/mol. The van der Waals surface area contributed by atoms with Crippen molar-refractivity contribution >= 4 is 17.2 Å². The Morgan fingerprint density at radius 3 is 3.00 bits per heavy atom. The summed E-state index contributed by atoms with van der Waals surface area (Å²) in [4.78, 5) is 12.0. The quantitative estimate of drug-likeness (QED) is 0.662. The zero-order valence-corrected chi connectivity index (χ0v) is 11.0. The number of primary amides is 1. The molecule has 96 valence electrons. The SMILES string of the molecule is CCCCOCCNCc1cc(C(N)=O)cs1. The molecule has 0 unspecified atom stereocenters. The molecule has 0 aromatic carbocycles. The minimum absolute atomic E-state index is 0.365. The van der Waals surface area contributed by atoms with E-state index < -0.39 is 0 Å². The summed E-state index contributed by atoms with van der Waals surface area (Å²) in [6, 6.07) is 1.83. The minimum Gasteiger partial charge on any atom is -0.380 e. The van der Waals surface area contributed by atoms with E-state index in [-0.39, 0.29) is 5.91 Å². The third kappa shape index (κ3) is 5.81. The van der Waals surface area contributed by atoms with Crippen LogP contribution in [0.3, 0.4) is 0 Å². The van der Waals surface area contributed by atoms with E-state index in [1.165, 1.54) is 6.42 Å². The normalized spacial score (nSPS) is 10.6. The Kier molecular flexibility index (Phi) is 6.84. The highest BCUT2D eigenvalue weighted by molar-refractivity contribution is 7.10. The predicted molar refractivity (Wildman–Crippen MR) is 70.3 cm³/mol. The molecule has 1 heterocycles. The number of hydrogen-bond donors (Lipinski definition) is 2. The first-order chi connectivity index (χ1) is 8.24. The molecule has 0 aliphatic heterocycles. The van der Waals surface area contributed by atoms with Crippen LogP contribution in [0.25, 0.3) is 0 Å². The Hall–Kier alpha value is -0.910. The van der Waals surface area contributed by atoms with Gasteiger partial charge >= 0.3 is 0 Å². The number of thiophene rings is 1. The fourth-order valence-corrected chi connectivity index (χ4v) is 2.15. The van der Waals surface area contributed by atoms with E-state index >= 15 is 0 Å². The van der Waals surface area contributed by atoms with E-state index in [0.717, 1.165) is 37.6 Å². The van der Waals surface area contributed by atoms with Gasteiger partial charge in [-0.25, -0.2) is 0 Å². The summed E-state index contributed by atoms with van der Waals surface area (Å²) in [5.74, 6) is -0.365. The van der Waals surface area contributed by atoms with Crippen LogP contribution >= 0.6 is 11.3 Å². The number of nitrogens with one attached hydrogen (secondary N) is 1. The van der Waals surface area contributed by atoms with Gasteiger partial charge < -0.3 is 15.8 Å². The van der Waals surface area contributed by atoms with Crippen LogP contribution in [0.2, 0.25) is 0 Å². The highest BCUT2D eigenvalue weighted by atomic mass is 32.1. The molecule has 0 aliphatic rings. The Labute approximate surface area is 106 Å². The smallest absolute Gasteiger partial charge is 0.249 e. The third-order valence-corrected chi connectivity index (χ3v) is 3.24. The van der Waals surface area contributed by atoms with Crippen molar-refractivity contribution in [2.24, 2.45) is 5.73 Å². The lowest BCUT2D eigenvalue weighted by Crippen LogP contribution is -2.19. The standard InChI is InChI=1S/C12H20N2O2S/c1-2-3-5-16-6-4-14-8-11-7-10(9-17-11)12(13)15/h7,9,14H,2-6,8H2,1H3,(H2,13,15). The van der Waals surface area contributed by atoms with E-state index in [1.807, 2.05) is 6.07 Å². The van der Waals surface area contributed by atoms with E-state index in [9.17, 15) is 4.79 Å². The summed E-state index contributed by atoms with van der Waals surface area (Å²) < 4.78 is 5.42. The van der Waals surface area contributed by atoms with Crippen molar-refractivity contribution in [2.75, 3.05) is 19.8 Å². The monoisotopic (exact) mass is 256 g/mol. The lowest BCUT2D eigenvalue weighted by molar-refractivity contribution is 0.100. The second-order valence-corrected chi connectivity index (χ2v) is 4.80. The number of unbranched alkanes of at least 4 members (excludes halogenated alkanes) is 1. The molecule has 0 fully saturated rings. The van der Waals surface area contributed by atoms with Gasteiger partial charge in [-0.05, 0) is 12.5 Å². The van der Waals surface area contributed by atoms with Crippen molar-refractivity contribution in [2.45, 2.75) is 26.3 Å². The highest BCUT2D eigenvalue weighted by Gasteiger charge is 2.03. The van der Waals surface area contributed by atoms with Crippen LogP contribution in [0, 0.1) is 0 Å². The summed E-state index contributed by atoms with van der Waals surface area (Å²) >= 11 is 1.55. The average Bonchev–Trinajstić information content (AvgIpc) is 2.77. The molecule has 0 saturated heterocycles. The summed E-state index contributed by atoms with van der Waals surface area (Å²) in [5.41, 5.74) is 5.77.